The highest BCUT2D eigenvalue weighted by Crippen LogP contribution is 2.24. The van der Waals surface area contributed by atoms with Crippen molar-refractivity contribution in [3.8, 4) is 5.75 Å². The Balaban J connectivity index is 1.53. The number of oxazole rings is 1. The number of ether oxygens (including phenoxy) is 1. The van der Waals surface area contributed by atoms with Crippen LogP contribution >= 0.6 is 0 Å². The van der Waals surface area contributed by atoms with Gasteiger partial charge in [0.15, 0.2) is 11.6 Å². The van der Waals surface area contributed by atoms with Gasteiger partial charge in [0.1, 0.15) is 12.0 Å². The van der Waals surface area contributed by atoms with Crippen molar-refractivity contribution < 1.29 is 27.1 Å². The van der Waals surface area contributed by atoms with Crippen LogP contribution in [-0.2, 0) is 6.54 Å². The maximum absolute atomic E-state index is 12.1. The van der Waals surface area contributed by atoms with E-state index in [0.29, 0.717) is 11.5 Å². The molecule has 3 rings (SSSR count). The number of amides is 1. The summed E-state index contributed by atoms with van der Waals surface area (Å²) in [5.41, 5.74) is 0.825. The van der Waals surface area contributed by atoms with Crippen LogP contribution in [0.25, 0.3) is 0 Å². The minimum Gasteiger partial charge on any atom is -0.448 e. The zero-order valence-corrected chi connectivity index (χ0v) is 13.8. The van der Waals surface area contributed by atoms with Crippen LogP contribution < -0.4 is 15.4 Å². The van der Waals surface area contributed by atoms with E-state index in [1.807, 2.05) is 0 Å². The van der Waals surface area contributed by atoms with E-state index in [-0.39, 0.29) is 23.9 Å². The Labute approximate surface area is 147 Å². The number of hydrogen-bond acceptors (Lipinski definition) is 5. The molecule has 26 heavy (non-hydrogen) atoms. The van der Waals surface area contributed by atoms with Crippen molar-refractivity contribution in [2.45, 2.75) is 31.7 Å². The van der Waals surface area contributed by atoms with E-state index in [1.54, 1.807) is 0 Å². The van der Waals surface area contributed by atoms with Crippen LogP contribution in [0.1, 0.15) is 40.7 Å². The van der Waals surface area contributed by atoms with Crippen LogP contribution in [0.2, 0.25) is 0 Å². The largest absolute Gasteiger partial charge is 0.573 e. The molecule has 1 fully saturated rings. The third kappa shape index (κ3) is 4.98. The van der Waals surface area contributed by atoms with Crippen LogP contribution in [0.4, 0.5) is 13.2 Å². The Morgan fingerprint density at radius 1 is 1.27 bits per heavy atom. The van der Waals surface area contributed by atoms with Gasteiger partial charge in [-0.2, -0.15) is 0 Å². The first kappa shape index (κ1) is 18.2. The minimum atomic E-state index is -4.73. The number of nitrogens with one attached hydrogen (secondary N) is 2. The monoisotopic (exact) mass is 369 g/mol. The SMILES string of the molecule is O=C(NCc1ccc(OC(F)(F)F)cc1)c1coc(C2CCNCC2)n1. The molecular formula is C17H18F3N3O3. The molecule has 0 saturated carbocycles. The first-order valence-corrected chi connectivity index (χ1v) is 8.20. The van der Waals surface area contributed by atoms with Crippen LogP contribution in [0.5, 0.6) is 5.75 Å². The van der Waals surface area contributed by atoms with Gasteiger partial charge in [-0.25, -0.2) is 4.98 Å². The maximum Gasteiger partial charge on any atom is 0.573 e. The summed E-state index contributed by atoms with van der Waals surface area (Å²) < 4.78 is 45.6. The van der Waals surface area contributed by atoms with E-state index in [1.165, 1.54) is 30.5 Å². The molecule has 6 nitrogen and oxygen atoms in total. The second kappa shape index (κ2) is 7.77. The molecule has 9 heteroatoms. The van der Waals surface area contributed by atoms with Crippen molar-refractivity contribution in [2.24, 2.45) is 0 Å². The topological polar surface area (TPSA) is 76.4 Å². The van der Waals surface area contributed by atoms with Crippen LogP contribution in [-0.4, -0.2) is 30.3 Å². The fraction of sp³-hybridized carbons (Fsp3) is 0.412. The third-order valence-corrected chi connectivity index (χ3v) is 4.05. The lowest BCUT2D eigenvalue weighted by Crippen LogP contribution is -2.27. The number of carbonyl (C=O) groups excluding carboxylic acids is 1. The predicted molar refractivity (Wildman–Crippen MR) is 85.6 cm³/mol. The van der Waals surface area contributed by atoms with Crippen molar-refractivity contribution in [2.75, 3.05) is 13.1 Å². The Morgan fingerprint density at radius 3 is 2.62 bits per heavy atom. The highest BCUT2D eigenvalue weighted by molar-refractivity contribution is 5.91. The average Bonchev–Trinajstić information content (AvgIpc) is 3.10. The molecule has 2 aromatic rings. The molecule has 1 aliphatic rings. The maximum atomic E-state index is 12.1. The molecule has 1 saturated heterocycles. The van der Waals surface area contributed by atoms with Gasteiger partial charge in [-0.3, -0.25) is 4.79 Å². The van der Waals surface area contributed by atoms with E-state index in [4.69, 9.17) is 4.42 Å². The third-order valence-electron chi connectivity index (χ3n) is 4.05. The zero-order chi connectivity index (χ0) is 18.6. The minimum absolute atomic E-state index is 0.153. The van der Waals surface area contributed by atoms with E-state index in [2.05, 4.69) is 20.4 Å². The van der Waals surface area contributed by atoms with Gasteiger partial charge in [-0.05, 0) is 43.6 Å². The number of benzene rings is 1. The zero-order valence-electron chi connectivity index (χ0n) is 13.8. The Kier molecular flexibility index (Phi) is 5.46. The van der Waals surface area contributed by atoms with Gasteiger partial charge in [0, 0.05) is 12.5 Å². The van der Waals surface area contributed by atoms with Crippen molar-refractivity contribution in [3.05, 3.63) is 47.7 Å². The molecule has 0 spiro atoms. The van der Waals surface area contributed by atoms with Gasteiger partial charge in [0.05, 0.1) is 0 Å². The standard InChI is InChI=1S/C17H18F3N3O3/c18-17(19,20)26-13-3-1-11(2-4-13)9-22-15(24)14-10-25-16(23-14)12-5-7-21-8-6-12/h1-4,10,12,21H,5-9H2,(H,22,24). The van der Waals surface area contributed by atoms with Gasteiger partial charge in [0.2, 0.25) is 0 Å². The Hall–Kier alpha value is -2.55. The molecule has 0 radical (unpaired) electrons. The van der Waals surface area contributed by atoms with E-state index in [9.17, 15) is 18.0 Å². The normalized spacial score (nSPS) is 15.7. The molecule has 1 aromatic heterocycles. The number of carbonyl (C=O) groups is 1. The fourth-order valence-electron chi connectivity index (χ4n) is 2.73. The molecule has 1 amide bonds. The van der Waals surface area contributed by atoms with Gasteiger partial charge in [-0.15, -0.1) is 13.2 Å². The second-order valence-electron chi connectivity index (χ2n) is 5.97. The highest BCUT2D eigenvalue weighted by atomic mass is 19.4. The molecule has 1 aliphatic heterocycles. The first-order valence-electron chi connectivity index (χ1n) is 8.20. The Bertz CT molecular complexity index is 738. The van der Waals surface area contributed by atoms with Crippen LogP contribution in [0.15, 0.2) is 34.9 Å². The van der Waals surface area contributed by atoms with Gasteiger partial charge >= 0.3 is 6.36 Å². The van der Waals surface area contributed by atoms with Crippen LogP contribution in [0, 0.1) is 0 Å². The lowest BCUT2D eigenvalue weighted by Gasteiger charge is -2.19. The predicted octanol–water partition coefficient (Wildman–Crippen LogP) is 2.97. The summed E-state index contributed by atoms with van der Waals surface area (Å²) in [5, 5.41) is 5.91. The number of rotatable bonds is 5. The van der Waals surface area contributed by atoms with Crippen molar-refractivity contribution in [1.29, 1.82) is 0 Å². The van der Waals surface area contributed by atoms with E-state index >= 15 is 0 Å². The van der Waals surface area contributed by atoms with E-state index < -0.39 is 12.3 Å². The molecular weight excluding hydrogens is 351 g/mol. The number of aromatic nitrogens is 1. The van der Waals surface area contributed by atoms with Crippen LogP contribution in [0.3, 0.4) is 0 Å². The number of nitrogens with zero attached hydrogens (tertiary/aromatic N) is 1. The van der Waals surface area contributed by atoms with Gasteiger partial charge < -0.3 is 19.8 Å². The van der Waals surface area contributed by atoms with Crippen molar-refractivity contribution in [3.63, 3.8) is 0 Å². The fourth-order valence-corrected chi connectivity index (χ4v) is 2.73. The summed E-state index contributed by atoms with van der Waals surface area (Å²) in [6.45, 7) is 1.94. The summed E-state index contributed by atoms with van der Waals surface area (Å²) in [5.74, 6) is 0.0597. The summed E-state index contributed by atoms with van der Waals surface area (Å²) in [6, 6.07) is 5.29. The summed E-state index contributed by atoms with van der Waals surface area (Å²) in [7, 11) is 0. The average molecular weight is 369 g/mol. The molecule has 140 valence electrons. The van der Waals surface area contributed by atoms with Gasteiger partial charge in [-0.1, -0.05) is 12.1 Å². The molecule has 1 aromatic carbocycles. The molecule has 0 bridgehead atoms. The Morgan fingerprint density at radius 2 is 1.96 bits per heavy atom. The number of piperidine rings is 1. The number of halogens is 3. The van der Waals surface area contributed by atoms with Gasteiger partial charge in [0.25, 0.3) is 5.91 Å². The summed E-state index contributed by atoms with van der Waals surface area (Å²) >= 11 is 0. The van der Waals surface area contributed by atoms with Crippen molar-refractivity contribution in [1.82, 2.24) is 15.6 Å². The lowest BCUT2D eigenvalue weighted by molar-refractivity contribution is -0.274. The summed E-state index contributed by atoms with van der Waals surface area (Å²) in [4.78, 5) is 16.4. The molecule has 2 heterocycles. The first-order chi connectivity index (χ1) is 12.4. The lowest BCUT2D eigenvalue weighted by atomic mass is 9.98. The smallest absolute Gasteiger partial charge is 0.448 e. The number of alkyl halides is 3. The quantitative estimate of drug-likeness (QED) is 0.847. The highest BCUT2D eigenvalue weighted by Gasteiger charge is 2.31. The molecule has 0 aliphatic carbocycles. The second-order valence-corrected chi connectivity index (χ2v) is 5.97. The molecule has 2 N–H and O–H groups in total. The summed E-state index contributed by atoms with van der Waals surface area (Å²) in [6.07, 6.45) is -1.58. The number of hydrogen-bond donors (Lipinski definition) is 2. The van der Waals surface area contributed by atoms with Crippen molar-refractivity contribution >= 4 is 5.91 Å². The molecule has 0 atom stereocenters. The molecule has 0 unspecified atom stereocenters. The van der Waals surface area contributed by atoms with E-state index in [0.717, 1.165) is 25.9 Å².